The third-order valence-corrected chi connectivity index (χ3v) is 2.47. The van der Waals surface area contributed by atoms with Gasteiger partial charge >= 0.3 is 0 Å². The minimum Gasteiger partial charge on any atom is -0.437 e. The molecule has 0 amide bonds. The molecule has 0 saturated heterocycles. The smallest absolute Gasteiger partial charge is 0.238 e. The van der Waals surface area contributed by atoms with Crippen LogP contribution in [0.2, 0.25) is 5.02 Å². The maximum atomic E-state index is 5.91. The summed E-state index contributed by atoms with van der Waals surface area (Å²) < 4.78 is 5.62. The molecule has 1 aromatic heterocycles. The Hall–Kier alpha value is -1.65. The Morgan fingerprint density at radius 1 is 1.35 bits per heavy atom. The zero-order valence-electron chi connectivity index (χ0n) is 9.35. The average molecular weight is 250 g/mol. The van der Waals surface area contributed by atoms with E-state index < -0.39 is 0 Å². The number of hydrogen-bond acceptors (Lipinski definition) is 4. The molecule has 0 aliphatic rings. The lowest BCUT2D eigenvalue weighted by atomic mass is 10.2. The number of rotatable bonds is 3. The molecule has 0 bridgehead atoms. The number of aryl methyl sites for hydroxylation is 1. The summed E-state index contributed by atoms with van der Waals surface area (Å²) in [6, 6.07) is 5.44. The molecule has 0 atom stereocenters. The molecule has 17 heavy (non-hydrogen) atoms. The van der Waals surface area contributed by atoms with Gasteiger partial charge in [0, 0.05) is 17.8 Å². The van der Waals surface area contributed by atoms with Gasteiger partial charge in [0.05, 0.1) is 11.9 Å². The minimum absolute atomic E-state index is 0.332. The zero-order chi connectivity index (χ0) is 12.3. The van der Waals surface area contributed by atoms with Gasteiger partial charge in [-0.2, -0.15) is 0 Å². The Morgan fingerprint density at radius 2 is 2.18 bits per heavy atom. The topological polar surface area (TPSA) is 61.0 Å². The van der Waals surface area contributed by atoms with Crippen molar-refractivity contribution in [3.8, 4) is 11.6 Å². The van der Waals surface area contributed by atoms with Crippen LogP contribution in [0.1, 0.15) is 11.3 Å². The number of aromatic nitrogens is 2. The first kappa shape index (κ1) is 11.8. The molecular weight excluding hydrogens is 238 g/mol. The van der Waals surface area contributed by atoms with Gasteiger partial charge in [-0.15, -0.1) is 0 Å². The van der Waals surface area contributed by atoms with E-state index in [0.717, 1.165) is 5.56 Å². The largest absolute Gasteiger partial charge is 0.437 e. The van der Waals surface area contributed by atoms with Crippen molar-refractivity contribution in [1.82, 2.24) is 9.97 Å². The van der Waals surface area contributed by atoms with Crippen LogP contribution in [-0.2, 0) is 6.54 Å². The predicted octanol–water partition coefficient (Wildman–Crippen LogP) is 2.69. The van der Waals surface area contributed by atoms with E-state index in [1.54, 1.807) is 18.5 Å². The van der Waals surface area contributed by atoms with Gasteiger partial charge in [0.15, 0.2) is 0 Å². The summed E-state index contributed by atoms with van der Waals surface area (Å²) in [5.74, 6) is 1.08. The molecule has 0 aliphatic heterocycles. The number of benzene rings is 1. The Labute approximate surface area is 104 Å². The lowest BCUT2D eigenvalue weighted by molar-refractivity contribution is 0.454. The lowest BCUT2D eigenvalue weighted by Crippen LogP contribution is -2.01. The van der Waals surface area contributed by atoms with Crippen molar-refractivity contribution in [3.05, 3.63) is 46.9 Å². The summed E-state index contributed by atoms with van der Waals surface area (Å²) in [7, 11) is 0. The zero-order valence-corrected chi connectivity index (χ0v) is 10.1. The van der Waals surface area contributed by atoms with E-state index in [0.29, 0.717) is 28.9 Å². The van der Waals surface area contributed by atoms with Crippen LogP contribution in [0.25, 0.3) is 0 Å². The van der Waals surface area contributed by atoms with Crippen molar-refractivity contribution in [2.24, 2.45) is 5.73 Å². The van der Waals surface area contributed by atoms with Crippen LogP contribution in [-0.4, -0.2) is 9.97 Å². The van der Waals surface area contributed by atoms with Crippen LogP contribution in [0.3, 0.4) is 0 Å². The van der Waals surface area contributed by atoms with Gasteiger partial charge in [0.1, 0.15) is 5.75 Å². The van der Waals surface area contributed by atoms with Gasteiger partial charge in [0.2, 0.25) is 5.88 Å². The van der Waals surface area contributed by atoms with Gasteiger partial charge in [0.25, 0.3) is 0 Å². The summed E-state index contributed by atoms with van der Waals surface area (Å²) >= 11 is 5.91. The van der Waals surface area contributed by atoms with Crippen LogP contribution < -0.4 is 10.5 Å². The third-order valence-electron chi connectivity index (χ3n) is 2.24. The molecule has 0 aliphatic carbocycles. The Morgan fingerprint density at radius 3 is 2.94 bits per heavy atom. The van der Waals surface area contributed by atoms with E-state index in [1.807, 2.05) is 19.1 Å². The van der Waals surface area contributed by atoms with Crippen LogP contribution in [0.4, 0.5) is 0 Å². The molecule has 0 radical (unpaired) electrons. The van der Waals surface area contributed by atoms with E-state index in [9.17, 15) is 0 Å². The van der Waals surface area contributed by atoms with Gasteiger partial charge in [-0.3, -0.25) is 4.98 Å². The normalized spacial score (nSPS) is 10.3. The lowest BCUT2D eigenvalue weighted by Gasteiger charge is -2.08. The maximum Gasteiger partial charge on any atom is 0.238 e. The number of nitrogens with zero attached hydrogens (tertiary/aromatic N) is 2. The van der Waals surface area contributed by atoms with Crippen molar-refractivity contribution in [1.29, 1.82) is 0 Å². The van der Waals surface area contributed by atoms with Crippen molar-refractivity contribution in [3.63, 3.8) is 0 Å². The molecule has 0 unspecified atom stereocenters. The summed E-state index contributed by atoms with van der Waals surface area (Å²) in [4.78, 5) is 8.21. The first-order valence-electron chi connectivity index (χ1n) is 5.14. The highest BCUT2D eigenvalue weighted by atomic mass is 35.5. The summed E-state index contributed by atoms with van der Waals surface area (Å²) in [6.07, 6.45) is 3.15. The molecule has 5 heteroatoms. The molecule has 0 saturated carbocycles. The van der Waals surface area contributed by atoms with Gasteiger partial charge < -0.3 is 10.5 Å². The fourth-order valence-electron chi connectivity index (χ4n) is 1.33. The highest BCUT2D eigenvalue weighted by molar-refractivity contribution is 6.30. The molecular formula is C12H12ClN3O. The molecule has 1 aromatic carbocycles. The number of hydrogen-bond donors (Lipinski definition) is 1. The van der Waals surface area contributed by atoms with E-state index >= 15 is 0 Å². The van der Waals surface area contributed by atoms with E-state index in [-0.39, 0.29) is 0 Å². The molecule has 0 fully saturated rings. The second-order valence-electron chi connectivity index (χ2n) is 3.56. The fourth-order valence-corrected chi connectivity index (χ4v) is 1.49. The van der Waals surface area contributed by atoms with Gasteiger partial charge in [-0.25, -0.2) is 4.98 Å². The third kappa shape index (κ3) is 2.93. The first-order chi connectivity index (χ1) is 8.19. The Bertz CT molecular complexity index is 531. The summed E-state index contributed by atoms with van der Waals surface area (Å²) in [5.41, 5.74) is 7.15. The Balaban J connectivity index is 2.27. The van der Waals surface area contributed by atoms with Crippen molar-refractivity contribution in [2.45, 2.75) is 13.5 Å². The molecule has 1 heterocycles. The number of halogens is 1. The fraction of sp³-hybridized carbons (Fsp3) is 0.167. The maximum absolute atomic E-state index is 5.91. The summed E-state index contributed by atoms with van der Waals surface area (Å²) in [5, 5.41) is 0.619. The van der Waals surface area contributed by atoms with Gasteiger partial charge in [-0.1, -0.05) is 17.7 Å². The summed E-state index contributed by atoms with van der Waals surface area (Å²) in [6.45, 7) is 2.27. The number of nitrogens with two attached hydrogens (primary N) is 1. The highest BCUT2D eigenvalue weighted by Crippen LogP contribution is 2.26. The van der Waals surface area contributed by atoms with E-state index in [4.69, 9.17) is 22.1 Å². The van der Waals surface area contributed by atoms with E-state index in [1.165, 1.54) is 0 Å². The molecule has 4 nitrogen and oxygen atoms in total. The highest BCUT2D eigenvalue weighted by Gasteiger charge is 2.04. The second kappa shape index (κ2) is 5.12. The second-order valence-corrected chi connectivity index (χ2v) is 4.00. The quantitative estimate of drug-likeness (QED) is 0.909. The van der Waals surface area contributed by atoms with Crippen LogP contribution >= 0.6 is 11.6 Å². The van der Waals surface area contributed by atoms with Gasteiger partial charge in [-0.05, 0) is 24.6 Å². The van der Waals surface area contributed by atoms with Crippen LogP contribution in [0.5, 0.6) is 11.6 Å². The minimum atomic E-state index is 0.332. The van der Waals surface area contributed by atoms with Crippen LogP contribution in [0.15, 0.2) is 30.6 Å². The average Bonchev–Trinajstić information content (AvgIpc) is 2.34. The Kier molecular flexibility index (Phi) is 3.56. The monoisotopic (exact) mass is 249 g/mol. The molecule has 0 spiro atoms. The SMILES string of the molecule is Cc1ccc(Cl)cc1Oc1cncc(CN)n1. The molecule has 2 N–H and O–H groups in total. The molecule has 2 rings (SSSR count). The van der Waals surface area contributed by atoms with Crippen molar-refractivity contribution in [2.75, 3.05) is 0 Å². The standard InChI is InChI=1S/C12H12ClN3O/c1-8-2-3-9(13)4-11(8)17-12-7-15-6-10(5-14)16-12/h2-4,6-7H,5,14H2,1H3. The van der Waals surface area contributed by atoms with Crippen molar-refractivity contribution >= 4 is 11.6 Å². The molecule has 88 valence electrons. The van der Waals surface area contributed by atoms with Crippen LogP contribution in [0, 0.1) is 6.92 Å². The first-order valence-corrected chi connectivity index (χ1v) is 5.52. The van der Waals surface area contributed by atoms with Crippen molar-refractivity contribution < 1.29 is 4.74 Å². The predicted molar refractivity (Wildman–Crippen MR) is 66.2 cm³/mol. The number of ether oxygens (including phenoxy) is 1. The molecule has 2 aromatic rings. The van der Waals surface area contributed by atoms with E-state index in [2.05, 4.69) is 9.97 Å².